The summed E-state index contributed by atoms with van der Waals surface area (Å²) in [5.74, 6) is -1.87. The zero-order chi connectivity index (χ0) is 45.3. The number of hydrogen-bond donors (Lipinski definition) is 4. The number of benzene rings is 6. The summed E-state index contributed by atoms with van der Waals surface area (Å²) in [6.07, 6.45) is 11.2. The second-order valence-corrected chi connectivity index (χ2v) is 18.4. The molecule has 6 aromatic carbocycles. The van der Waals surface area contributed by atoms with E-state index in [1.165, 1.54) is 13.8 Å². The zero-order valence-electron chi connectivity index (χ0n) is 39.3. The molecule has 4 N–H and O–H groups in total. The molecular weight excluding hydrogens is 793 g/mol. The van der Waals surface area contributed by atoms with Crippen molar-refractivity contribution in [3.8, 4) is 0 Å². The number of aliphatic hydroxyl groups is 2. The fourth-order valence-electron chi connectivity index (χ4n) is 10.4. The summed E-state index contributed by atoms with van der Waals surface area (Å²) in [6.45, 7) is 15.5. The highest BCUT2D eigenvalue weighted by atomic mass is 16.3. The van der Waals surface area contributed by atoms with E-state index >= 15 is 0 Å². The minimum atomic E-state index is -1.04. The first-order valence-corrected chi connectivity index (χ1v) is 24.5. The van der Waals surface area contributed by atoms with Gasteiger partial charge in [0.25, 0.3) is 0 Å². The van der Waals surface area contributed by atoms with E-state index in [-0.39, 0.29) is 11.8 Å². The number of anilines is 4. The lowest BCUT2D eigenvalue weighted by Crippen LogP contribution is -2.52. The Labute approximate surface area is 381 Å². The summed E-state index contributed by atoms with van der Waals surface area (Å²) in [5, 5.41) is 40.3. The average Bonchev–Trinajstić information content (AvgIpc) is 3.28. The van der Waals surface area contributed by atoms with E-state index in [2.05, 4.69) is 121 Å². The lowest BCUT2D eigenvalue weighted by molar-refractivity contribution is -0.115. The summed E-state index contributed by atoms with van der Waals surface area (Å²) in [6, 6.07) is 29.7. The molecule has 0 heterocycles. The molecular formula is C56H72N4O4. The maximum absolute atomic E-state index is 13.2. The Morgan fingerprint density at radius 2 is 0.766 bits per heavy atom. The molecule has 0 unspecified atom stereocenters. The molecule has 340 valence electrons. The third-order valence-electron chi connectivity index (χ3n) is 13.6. The molecule has 8 nitrogen and oxygen atoms in total. The Morgan fingerprint density at radius 1 is 0.469 bits per heavy atom. The van der Waals surface area contributed by atoms with Crippen molar-refractivity contribution >= 4 is 77.7 Å². The van der Waals surface area contributed by atoms with Crippen molar-refractivity contribution in [2.45, 2.75) is 143 Å². The Kier molecular flexibility index (Phi) is 15.8. The molecule has 7 rings (SSSR count). The topological polar surface area (TPSA) is 105 Å². The molecule has 1 aliphatic rings. The SMILES string of the molecule is CCCCCN(CCCCC)c1cc(NC(C)=O)c(C2C(O)C(c3c(NC(C)=O)cc(N(CCCCC)CCCCC)c4cc5ccccc5cc34)C2O)c2cc3ccccc3cc12. The van der Waals surface area contributed by atoms with E-state index in [1.54, 1.807) is 0 Å². The van der Waals surface area contributed by atoms with Crippen LogP contribution in [0, 0.1) is 0 Å². The van der Waals surface area contributed by atoms with Gasteiger partial charge in [0.1, 0.15) is 0 Å². The van der Waals surface area contributed by atoms with Gasteiger partial charge in [-0.1, -0.05) is 128 Å². The number of unbranched alkanes of at least 4 members (excludes halogenated alkanes) is 8. The standard InChI is InChI=1S/C56H72N4O4/c1-7-11-19-27-59(28-20-12-8-2)49-35-47(57-37(5)61)51(45-33-41-25-17-15-23-39(41)31-43(45)49)53-55(63)54(56(53)64)52-46-34-42-26-18-16-24-40(42)32-44(46)50(36-48(52)58-38(6)62)60(29-21-13-9-3)30-22-14-10-4/h15-18,23-26,31-36,53-56,63-64H,7-14,19-22,27-30H2,1-6H3,(H,57,61)(H,58,62). The van der Waals surface area contributed by atoms with Crippen LogP contribution >= 0.6 is 0 Å². The van der Waals surface area contributed by atoms with Crippen molar-refractivity contribution in [1.82, 2.24) is 0 Å². The molecule has 0 bridgehead atoms. The van der Waals surface area contributed by atoms with E-state index in [0.29, 0.717) is 11.4 Å². The number of fused-ring (bicyclic) bond motifs is 4. The summed E-state index contributed by atoms with van der Waals surface area (Å²) >= 11 is 0. The van der Waals surface area contributed by atoms with E-state index < -0.39 is 24.0 Å². The van der Waals surface area contributed by atoms with Gasteiger partial charge in [0.15, 0.2) is 0 Å². The largest absolute Gasteiger partial charge is 0.392 e. The van der Waals surface area contributed by atoms with Crippen molar-refractivity contribution in [2.24, 2.45) is 0 Å². The van der Waals surface area contributed by atoms with Crippen LogP contribution in [0.2, 0.25) is 0 Å². The van der Waals surface area contributed by atoms with Gasteiger partial charge in [0.05, 0.1) is 12.2 Å². The minimum Gasteiger partial charge on any atom is -0.392 e. The molecule has 1 fully saturated rings. The van der Waals surface area contributed by atoms with Crippen LogP contribution in [-0.2, 0) is 9.59 Å². The van der Waals surface area contributed by atoms with Gasteiger partial charge in [-0.05, 0) is 106 Å². The highest BCUT2D eigenvalue weighted by molar-refractivity contribution is 6.11. The first kappa shape index (κ1) is 46.8. The van der Waals surface area contributed by atoms with Crippen molar-refractivity contribution in [3.05, 3.63) is 96.1 Å². The molecule has 6 aromatic rings. The highest BCUT2D eigenvalue weighted by Gasteiger charge is 2.53. The van der Waals surface area contributed by atoms with Crippen molar-refractivity contribution in [1.29, 1.82) is 0 Å². The van der Waals surface area contributed by atoms with Crippen molar-refractivity contribution < 1.29 is 19.8 Å². The summed E-state index contributed by atoms with van der Waals surface area (Å²) in [7, 11) is 0. The molecule has 0 aliphatic heterocycles. The number of carbonyl (C=O) groups excluding carboxylic acids is 2. The summed E-state index contributed by atoms with van der Waals surface area (Å²) < 4.78 is 0. The molecule has 64 heavy (non-hydrogen) atoms. The van der Waals surface area contributed by atoms with Gasteiger partial charge in [0.2, 0.25) is 11.8 Å². The Balaban J connectivity index is 1.43. The number of rotatable bonds is 22. The quantitative estimate of drug-likeness (QED) is 0.0400. The first-order chi connectivity index (χ1) is 31.1. The molecule has 0 aromatic heterocycles. The van der Waals surface area contributed by atoms with Gasteiger partial charge in [-0.3, -0.25) is 9.59 Å². The number of carbonyl (C=O) groups is 2. The molecule has 0 radical (unpaired) electrons. The van der Waals surface area contributed by atoms with Gasteiger partial charge in [-0.15, -0.1) is 0 Å². The van der Waals surface area contributed by atoms with Gasteiger partial charge in [0, 0.05) is 85.4 Å². The van der Waals surface area contributed by atoms with Gasteiger partial charge in [-0.2, -0.15) is 0 Å². The molecule has 0 saturated heterocycles. The molecule has 2 amide bonds. The lowest BCUT2D eigenvalue weighted by Gasteiger charge is -2.49. The molecule has 0 spiro atoms. The third kappa shape index (κ3) is 10.0. The number of nitrogens with zero attached hydrogens (tertiary/aromatic N) is 2. The number of nitrogens with one attached hydrogen (secondary N) is 2. The maximum Gasteiger partial charge on any atom is 0.221 e. The van der Waals surface area contributed by atoms with E-state index in [1.807, 2.05) is 12.1 Å². The smallest absolute Gasteiger partial charge is 0.221 e. The highest BCUT2D eigenvalue weighted by Crippen LogP contribution is 2.56. The van der Waals surface area contributed by atoms with Crippen LogP contribution in [0.3, 0.4) is 0 Å². The molecule has 1 aliphatic carbocycles. The predicted octanol–water partition coefficient (Wildman–Crippen LogP) is 13.2. The molecule has 0 atom stereocenters. The minimum absolute atomic E-state index is 0.209. The fourth-order valence-corrected chi connectivity index (χ4v) is 10.4. The van der Waals surface area contributed by atoms with Crippen LogP contribution in [0.15, 0.2) is 84.9 Å². The lowest BCUT2D eigenvalue weighted by atomic mass is 9.61. The van der Waals surface area contributed by atoms with E-state index in [0.717, 1.165) is 169 Å². The Morgan fingerprint density at radius 3 is 1.05 bits per heavy atom. The Bertz CT molecular complexity index is 2360. The van der Waals surface area contributed by atoms with Crippen LogP contribution in [-0.4, -0.2) is 60.4 Å². The fraction of sp³-hybridized carbons (Fsp3) is 0.464. The first-order valence-electron chi connectivity index (χ1n) is 24.5. The van der Waals surface area contributed by atoms with E-state index in [4.69, 9.17) is 0 Å². The normalized spacial score (nSPS) is 17.2. The van der Waals surface area contributed by atoms with Crippen molar-refractivity contribution in [2.75, 3.05) is 46.6 Å². The number of amides is 2. The van der Waals surface area contributed by atoms with Gasteiger partial charge in [-0.25, -0.2) is 0 Å². The van der Waals surface area contributed by atoms with E-state index in [9.17, 15) is 19.8 Å². The zero-order valence-corrected chi connectivity index (χ0v) is 39.3. The van der Waals surface area contributed by atoms with Crippen LogP contribution in [0.5, 0.6) is 0 Å². The second-order valence-electron chi connectivity index (χ2n) is 18.4. The second kappa shape index (κ2) is 21.7. The van der Waals surface area contributed by atoms with Crippen LogP contribution < -0.4 is 20.4 Å². The van der Waals surface area contributed by atoms with Crippen LogP contribution in [0.25, 0.3) is 43.1 Å². The van der Waals surface area contributed by atoms with Crippen LogP contribution in [0.4, 0.5) is 22.7 Å². The Hall–Kier alpha value is -5.18. The molecule has 1 saturated carbocycles. The third-order valence-corrected chi connectivity index (χ3v) is 13.6. The predicted molar refractivity (Wildman–Crippen MR) is 272 cm³/mol. The van der Waals surface area contributed by atoms with Gasteiger partial charge >= 0.3 is 0 Å². The number of hydrogen-bond acceptors (Lipinski definition) is 6. The monoisotopic (exact) mass is 865 g/mol. The van der Waals surface area contributed by atoms with Gasteiger partial charge < -0.3 is 30.6 Å². The summed E-state index contributed by atoms with van der Waals surface area (Å²) in [5.41, 5.74) is 4.83. The van der Waals surface area contributed by atoms with Crippen LogP contribution in [0.1, 0.15) is 142 Å². The maximum atomic E-state index is 13.2. The molecule has 8 heteroatoms. The number of aliphatic hydroxyl groups excluding tert-OH is 2. The average molecular weight is 865 g/mol. The van der Waals surface area contributed by atoms with Crippen molar-refractivity contribution in [3.63, 3.8) is 0 Å². The summed E-state index contributed by atoms with van der Waals surface area (Å²) in [4.78, 5) is 31.3.